The van der Waals surface area contributed by atoms with Crippen molar-refractivity contribution in [2.24, 2.45) is 11.8 Å². The quantitative estimate of drug-likeness (QED) is 0.402. The summed E-state index contributed by atoms with van der Waals surface area (Å²) in [7, 11) is 1.27. The lowest BCUT2D eigenvalue weighted by Gasteiger charge is -2.35. The summed E-state index contributed by atoms with van der Waals surface area (Å²) in [6.45, 7) is 1.87. The van der Waals surface area contributed by atoms with Gasteiger partial charge in [0.15, 0.2) is 0 Å². The smallest absolute Gasteiger partial charge is 0.451 e. The molecule has 0 bridgehead atoms. The number of aliphatic hydroxyl groups excluding tert-OH is 1. The number of ether oxygens (including phenoxy) is 1. The summed E-state index contributed by atoms with van der Waals surface area (Å²) >= 11 is 0. The van der Waals surface area contributed by atoms with E-state index >= 15 is 0 Å². The molecule has 2 saturated heterocycles. The molecule has 4 rings (SSSR count). The number of hydrogen-bond acceptors (Lipinski definition) is 7. The highest BCUT2D eigenvalue weighted by molar-refractivity contribution is 5.79. The van der Waals surface area contributed by atoms with Crippen molar-refractivity contribution in [2.45, 2.75) is 50.9 Å². The van der Waals surface area contributed by atoms with Crippen molar-refractivity contribution in [3.63, 3.8) is 0 Å². The summed E-state index contributed by atoms with van der Waals surface area (Å²) in [5.74, 6) is -1.35. The lowest BCUT2D eigenvalue weighted by Crippen LogP contribution is -2.44. The number of halogens is 6. The van der Waals surface area contributed by atoms with Crippen LogP contribution in [-0.4, -0.2) is 67.4 Å². The molecule has 2 aliphatic heterocycles. The number of benzene rings is 1. The van der Waals surface area contributed by atoms with Crippen LogP contribution in [0.1, 0.15) is 49.1 Å². The summed E-state index contributed by atoms with van der Waals surface area (Å²) < 4.78 is 85.3. The number of nitrogens with one attached hydrogen (secondary N) is 1. The van der Waals surface area contributed by atoms with Crippen LogP contribution in [0.4, 0.5) is 38.0 Å². The molecule has 1 amide bonds. The monoisotopic (exact) mass is 603 g/mol. The molecule has 2 aromatic rings. The zero-order chi connectivity index (χ0) is 30.5. The third-order valence-corrected chi connectivity index (χ3v) is 7.85. The number of anilines is 2. The number of carbonyl (C=O) groups is 1. The molecule has 0 saturated carbocycles. The molecule has 1 aromatic heterocycles. The van der Waals surface area contributed by atoms with Gasteiger partial charge in [-0.25, -0.2) is 9.97 Å². The highest BCUT2D eigenvalue weighted by Gasteiger charge is 2.37. The van der Waals surface area contributed by atoms with Crippen molar-refractivity contribution in [3.8, 4) is 5.75 Å². The standard InChI is InChI=1S/C28H35F6N5O3/c1-42-22-15-21(27(29,30)31)5-4-19(22)6-10-35-25(41)20-3-2-11-39(17-20)24-16-23(36-26(37-24)28(32,33)34)38-12-7-18(8-13-38)9-14-40/h4-5,15-16,18,20,40H,2-3,6-14,17H2,1H3,(H,35,41). The molecule has 1 unspecified atom stereocenters. The Morgan fingerprint density at radius 1 is 1.00 bits per heavy atom. The molecule has 42 heavy (non-hydrogen) atoms. The van der Waals surface area contributed by atoms with E-state index in [4.69, 9.17) is 4.74 Å². The van der Waals surface area contributed by atoms with Gasteiger partial charge in [-0.1, -0.05) is 6.07 Å². The minimum absolute atomic E-state index is 0.0700. The lowest BCUT2D eigenvalue weighted by atomic mass is 9.94. The number of methoxy groups -OCH3 is 1. The minimum Gasteiger partial charge on any atom is -0.496 e. The van der Waals surface area contributed by atoms with Crippen LogP contribution in [0.25, 0.3) is 0 Å². The zero-order valence-electron chi connectivity index (χ0n) is 23.3. The average Bonchev–Trinajstić information content (AvgIpc) is 2.96. The largest absolute Gasteiger partial charge is 0.496 e. The van der Waals surface area contributed by atoms with Gasteiger partial charge in [-0.3, -0.25) is 4.79 Å². The van der Waals surface area contributed by atoms with Crippen LogP contribution in [-0.2, 0) is 23.6 Å². The van der Waals surface area contributed by atoms with Crippen molar-refractivity contribution in [1.29, 1.82) is 0 Å². The fraction of sp³-hybridized carbons (Fsp3) is 0.607. The van der Waals surface area contributed by atoms with Gasteiger partial charge in [0.2, 0.25) is 11.7 Å². The summed E-state index contributed by atoms with van der Waals surface area (Å²) in [4.78, 5) is 24.1. The van der Waals surface area contributed by atoms with E-state index in [-0.39, 0.29) is 49.4 Å². The number of piperidine rings is 2. The number of amides is 1. The Hall–Kier alpha value is -3.29. The Bertz CT molecular complexity index is 1220. The zero-order valence-corrected chi connectivity index (χ0v) is 23.3. The van der Waals surface area contributed by atoms with Crippen molar-refractivity contribution < 1.29 is 41.0 Å². The van der Waals surface area contributed by atoms with Gasteiger partial charge in [0.25, 0.3) is 0 Å². The number of nitrogens with zero attached hydrogens (tertiary/aromatic N) is 4. The summed E-state index contributed by atoms with van der Waals surface area (Å²) in [5.41, 5.74) is -0.327. The molecule has 1 aromatic carbocycles. The molecule has 14 heteroatoms. The van der Waals surface area contributed by atoms with Gasteiger partial charge in [0, 0.05) is 45.4 Å². The fourth-order valence-electron chi connectivity index (χ4n) is 5.50. The fourth-order valence-corrected chi connectivity index (χ4v) is 5.50. The van der Waals surface area contributed by atoms with Crippen molar-refractivity contribution in [1.82, 2.24) is 15.3 Å². The SMILES string of the molecule is COc1cc(C(F)(F)F)ccc1CCNC(=O)C1CCCN(c2cc(N3CCC(CCO)CC3)nc(C(F)(F)F)n2)C1. The van der Waals surface area contributed by atoms with E-state index in [0.29, 0.717) is 50.4 Å². The third-order valence-electron chi connectivity index (χ3n) is 7.85. The van der Waals surface area contributed by atoms with Crippen LogP contribution in [0.3, 0.4) is 0 Å². The van der Waals surface area contributed by atoms with Crippen molar-refractivity contribution >= 4 is 17.5 Å². The van der Waals surface area contributed by atoms with Crippen LogP contribution in [0.2, 0.25) is 0 Å². The summed E-state index contributed by atoms with van der Waals surface area (Å²) in [6, 6.07) is 4.73. The molecule has 2 fully saturated rings. The molecule has 232 valence electrons. The molecular weight excluding hydrogens is 568 g/mol. The van der Waals surface area contributed by atoms with Gasteiger partial charge >= 0.3 is 12.4 Å². The molecule has 3 heterocycles. The highest BCUT2D eigenvalue weighted by Crippen LogP contribution is 2.34. The van der Waals surface area contributed by atoms with E-state index in [1.54, 1.807) is 15.9 Å². The second-order valence-corrected chi connectivity index (χ2v) is 10.7. The molecule has 0 aliphatic carbocycles. The summed E-state index contributed by atoms with van der Waals surface area (Å²) in [5, 5.41) is 12.0. The first kappa shape index (κ1) is 31.6. The van der Waals surface area contributed by atoms with E-state index in [0.717, 1.165) is 25.0 Å². The molecular formula is C28H35F6N5O3. The van der Waals surface area contributed by atoms with Gasteiger partial charge in [0.05, 0.1) is 18.6 Å². The Morgan fingerprint density at radius 3 is 2.31 bits per heavy atom. The number of rotatable bonds is 9. The van der Waals surface area contributed by atoms with Crippen LogP contribution in [0.5, 0.6) is 5.75 Å². The average molecular weight is 604 g/mol. The molecule has 2 aliphatic rings. The Kier molecular flexibility index (Phi) is 10.1. The van der Waals surface area contributed by atoms with E-state index in [9.17, 15) is 36.2 Å². The predicted octanol–water partition coefficient (Wildman–Crippen LogP) is 4.70. The topological polar surface area (TPSA) is 90.8 Å². The van der Waals surface area contributed by atoms with Gasteiger partial charge in [-0.05, 0) is 62.1 Å². The van der Waals surface area contributed by atoms with E-state index in [1.165, 1.54) is 13.2 Å². The number of hydrogen-bond donors (Lipinski definition) is 2. The molecule has 1 atom stereocenters. The Labute approximate surface area is 240 Å². The van der Waals surface area contributed by atoms with Gasteiger partial charge < -0.3 is 25.0 Å². The maximum absolute atomic E-state index is 13.7. The van der Waals surface area contributed by atoms with Crippen LogP contribution in [0.15, 0.2) is 24.3 Å². The molecule has 8 nitrogen and oxygen atoms in total. The third kappa shape index (κ3) is 7.96. The molecule has 2 N–H and O–H groups in total. The normalized spacial score (nSPS) is 18.7. The molecule has 0 radical (unpaired) electrons. The van der Waals surface area contributed by atoms with Crippen molar-refractivity contribution in [3.05, 3.63) is 41.2 Å². The first-order valence-corrected chi connectivity index (χ1v) is 14.0. The number of alkyl halides is 6. The second-order valence-electron chi connectivity index (χ2n) is 10.7. The Morgan fingerprint density at radius 2 is 1.69 bits per heavy atom. The molecule has 0 spiro atoms. The highest BCUT2D eigenvalue weighted by atomic mass is 19.4. The predicted molar refractivity (Wildman–Crippen MR) is 143 cm³/mol. The van der Waals surface area contributed by atoms with Gasteiger partial charge in [0.1, 0.15) is 17.4 Å². The van der Waals surface area contributed by atoms with Gasteiger partial charge in [-0.2, -0.15) is 26.3 Å². The lowest BCUT2D eigenvalue weighted by molar-refractivity contribution is -0.145. The van der Waals surface area contributed by atoms with E-state index < -0.39 is 29.7 Å². The maximum Gasteiger partial charge on any atom is 0.451 e. The van der Waals surface area contributed by atoms with Crippen molar-refractivity contribution in [2.75, 3.05) is 56.2 Å². The summed E-state index contributed by atoms with van der Waals surface area (Å²) in [6.07, 6.45) is -5.76. The number of aliphatic hydroxyl groups is 1. The van der Waals surface area contributed by atoms with E-state index in [1.807, 2.05) is 0 Å². The van der Waals surface area contributed by atoms with Gasteiger partial charge in [-0.15, -0.1) is 0 Å². The van der Waals surface area contributed by atoms with E-state index in [2.05, 4.69) is 15.3 Å². The number of aromatic nitrogens is 2. The second kappa shape index (κ2) is 13.3. The first-order chi connectivity index (χ1) is 19.9. The number of carbonyl (C=O) groups excluding carboxylic acids is 1. The van der Waals surface area contributed by atoms with Crippen LogP contribution >= 0.6 is 0 Å². The maximum atomic E-state index is 13.7. The Balaban J connectivity index is 1.41. The minimum atomic E-state index is -4.74. The first-order valence-electron chi connectivity index (χ1n) is 14.0. The van der Waals surface area contributed by atoms with Crippen LogP contribution in [0, 0.1) is 11.8 Å². The van der Waals surface area contributed by atoms with Crippen LogP contribution < -0.4 is 19.9 Å².